The Kier molecular flexibility index (Phi) is 14.0. The molecule has 29 heavy (non-hydrogen) atoms. The maximum Gasteiger partial charge on any atom is 0.337 e. The van der Waals surface area contributed by atoms with E-state index in [0.29, 0.717) is 12.2 Å². The van der Waals surface area contributed by atoms with E-state index in [1.165, 1.54) is 0 Å². The van der Waals surface area contributed by atoms with Crippen LogP contribution in [0.1, 0.15) is 19.8 Å². The fourth-order valence-electron chi connectivity index (χ4n) is 2.74. The molecule has 2 saturated heterocycles. The van der Waals surface area contributed by atoms with Gasteiger partial charge in [0.05, 0.1) is 26.4 Å². The molecule has 0 aromatic carbocycles. The molecule has 0 amide bonds. The zero-order chi connectivity index (χ0) is 21.6. The lowest BCUT2D eigenvalue weighted by Crippen LogP contribution is -2.39. The second-order valence-corrected chi connectivity index (χ2v) is 14.9. The van der Waals surface area contributed by atoms with Crippen molar-refractivity contribution in [2.24, 2.45) is 0 Å². The summed E-state index contributed by atoms with van der Waals surface area (Å²) in [7, 11) is 3.17. The average molecular weight is 455 g/mol. The van der Waals surface area contributed by atoms with Crippen LogP contribution in [0.5, 0.6) is 0 Å². The highest BCUT2D eigenvalue weighted by atomic mass is 28.4. The van der Waals surface area contributed by atoms with Gasteiger partial charge in [0.25, 0.3) is 0 Å². The number of rotatable bonds is 17. The lowest BCUT2D eigenvalue weighted by molar-refractivity contribution is 0.114. The Labute approximate surface area is 178 Å². The summed E-state index contributed by atoms with van der Waals surface area (Å²) in [6, 6.07) is 2.97. The Balaban J connectivity index is 0.000000291. The van der Waals surface area contributed by atoms with Crippen LogP contribution in [0.25, 0.3) is 0 Å². The second kappa shape index (κ2) is 15.0. The summed E-state index contributed by atoms with van der Waals surface area (Å²) in [6.07, 6.45) is 2.73. The van der Waals surface area contributed by atoms with E-state index in [2.05, 4.69) is 13.5 Å². The summed E-state index contributed by atoms with van der Waals surface area (Å²) >= 11 is 0. The lowest BCUT2D eigenvalue weighted by atomic mass is 10.5. The molecular formula is C19H42O8Si2. The fraction of sp³-hybridized carbons (Fsp3) is 1.00. The van der Waals surface area contributed by atoms with Crippen molar-refractivity contribution in [2.45, 2.75) is 56.7 Å². The first kappa shape index (κ1) is 27.1. The highest BCUT2D eigenvalue weighted by Gasteiger charge is 2.32. The van der Waals surface area contributed by atoms with Gasteiger partial charge in [0, 0.05) is 41.7 Å². The van der Waals surface area contributed by atoms with Crippen molar-refractivity contribution >= 4 is 17.1 Å². The molecule has 2 aliphatic rings. The summed E-state index contributed by atoms with van der Waals surface area (Å²) in [5, 5.41) is 0. The maximum absolute atomic E-state index is 5.51. The van der Waals surface area contributed by atoms with Crippen LogP contribution in [0, 0.1) is 0 Å². The number of epoxide rings is 2. The third-order valence-corrected chi connectivity index (χ3v) is 12.0. The lowest BCUT2D eigenvalue weighted by Gasteiger charge is -2.25. The fourth-order valence-corrected chi connectivity index (χ4v) is 6.29. The van der Waals surface area contributed by atoms with Gasteiger partial charge in [0.1, 0.15) is 12.2 Å². The van der Waals surface area contributed by atoms with Crippen LogP contribution in [0.15, 0.2) is 0 Å². The first-order valence-electron chi connectivity index (χ1n) is 10.6. The quantitative estimate of drug-likeness (QED) is 0.189. The van der Waals surface area contributed by atoms with Gasteiger partial charge in [-0.25, -0.2) is 0 Å². The van der Waals surface area contributed by atoms with Crippen LogP contribution in [-0.2, 0) is 36.7 Å². The molecule has 0 bridgehead atoms. The molecule has 2 fully saturated rings. The monoisotopic (exact) mass is 454 g/mol. The van der Waals surface area contributed by atoms with Gasteiger partial charge < -0.3 is 36.7 Å². The van der Waals surface area contributed by atoms with E-state index in [1.807, 2.05) is 0 Å². The Bertz CT molecular complexity index is 391. The van der Waals surface area contributed by atoms with Crippen LogP contribution in [0.3, 0.4) is 0 Å². The van der Waals surface area contributed by atoms with E-state index < -0.39 is 17.1 Å². The minimum Gasteiger partial charge on any atom is -0.398 e. The summed E-state index contributed by atoms with van der Waals surface area (Å²) in [5.74, 6) is 0. The zero-order valence-corrected chi connectivity index (χ0v) is 21.2. The van der Waals surface area contributed by atoms with Crippen molar-refractivity contribution in [1.29, 1.82) is 0 Å². The maximum atomic E-state index is 5.51. The molecule has 0 radical (unpaired) electrons. The van der Waals surface area contributed by atoms with Gasteiger partial charge in [-0.3, -0.25) is 0 Å². The molecule has 8 nitrogen and oxygen atoms in total. The van der Waals surface area contributed by atoms with Crippen LogP contribution >= 0.6 is 0 Å². The normalized spacial score (nSPS) is 20.9. The third-order valence-electron chi connectivity index (χ3n) is 5.32. The van der Waals surface area contributed by atoms with Gasteiger partial charge in [-0.15, -0.1) is 0 Å². The molecule has 2 rings (SSSR count). The topological polar surface area (TPSA) is 80.4 Å². The Morgan fingerprint density at radius 2 is 1.21 bits per heavy atom. The summed E-state index contributed by atoms with van der Waals surface area (Å²) in [5.41, 5.74) is 0. The average Bonchev–Trinajstić information content (AvgIpc) is 3.67. The third kappa shape index (κ3) is 12.5. The largest absolute Gasteiger partial charge is 0.398 e. The molecule has 0 aromatic heterocycles. The Hall–Kier alpha value is 0.114. The molecule has 174 valence electrons. The summed E-state index contributed by atoms with van der Waals surface area (Å²) < 4.78 is 42.7. The summed E-state index contributed by atoms with van der Waals surface area (Å²) in [4.78, 5) is 0. The smallest absolute Gasteiger partial charge is 0.337 e. The molecule has 0 saturated carbocycles. The van der Waals surface area contributed by atoms with Gasteiger partial charge in [-0.1, -0.05) is 6.92 Å². The number of ether oxygens (including phenoxy) is 4. The summed E-state index contributed by atoms with van der Waals surface area (Å²) in [6.45, 7) is 8.94. The number of hydrogen-bond donors (Lipinski definition) is 0. The standard InChI is InChI=1S/C10H22O4Si.C9H20O4Si/c1-4-15(11-2,12-3)7-5-6-13-8-10-9-14-10;1-10-14(3,11-2)6-4-5-12-7-9-8-13-9/h10H,4-9H2,1-3H3;9H,4-8H2,1-3H3. The van der Waals surface area contributed by atoms with E-state index in [-0.39, 0.29) is 0 Å². The molecule has 10 heteroatoms. The SMILES string of the molecule is CC[Si](CCCOCC1CO1)(OC)OC.CO[Si](C)(CCCOCC1CO1)OC. The van der Waals surface area contributed by atoms with Crippen molar-refractivity contribution < 1.29 is 36.7 Å². The van der Waals surface area contributed by atoms with Crippen LogP contribution in [0.2, 0.25) is 24.7 Å². The molecule has 2 atom stereocenters. The zero-order valence-electron chi connectivity index (χ0n) is 19.2. The molecular weight excluding hydrogens is 412 g/mol. The molecule has 0 aromatic rings. The molecule has 2 unspecified atom stereocenters. The van der Waals surface area contributed by atoms with Crippen molar-refractivity contribution in [3.8, 4) is 0 Å². The molecule has 2 heterocycles. The van der Waals surface area contributed by atoms with Crippen molar-refractivity contribution in [3.05, 3.63) is 0 Å². The highest BCUT2D eigenvalue weighted by molar-refractivity contribution is 6.67. The van der Waals surface area contributed by atoms with Crippen molar-refractivity contribution in [2.75, 3.05) is 68.1 Å². The first-order valence-corrected chi connectivity index (χ1v) is 15.3. The van der Waals surface area contributed by atoms with Crippen LogP contribution in [-0.4, -0.2) is 97.4 Å². The van der Waals surface area contributed by atoms with Gasteiger partial charge >= 0.3 is 17.1 Å². The van der Waals surface area contributed by atoms with Crippen molar-refractivity contribution in [1.82, 2.24) is 0 Å². The van der Waals surface area contributed by atoms with Crippen molar-refractivity contribution in [3.63, 3.8) is 0 Å². The van der Waals surface area contributed by atoms with Gasteiger partial charge in [0.15, 0.2) is 0 Å². The molecule has 0 spiro atoms. The molecule has 2 aliphatic heterocycles. The van der Waals surface area contributed by atoms with E-state index in [9.17, 15) is 0 Å². The predicted octanol–water partition coefficient (Wildman–Crippen LogP) is 2.70. The van der Waals surface area contributed by atoms with Gasteiger partial charge in [-0.2, -0.15) is 0 Å². The van der Waals surface area contributed by atoms with Crippen LogP contribution < -0.4 is 0 Å². The minimum absolute atomic E-state index is 0.364. The van der Waals surface area contributed by atoms with Gasteiger partial charge in [0.2, 0.25) is 0 Å². The minimum atomic E-state index is -1.89. The molecule has 0 aliphatic carbocycles. The van der Waals surface area contributed by atoms with E-state index in [1.54, 1.807) is 28.4 Å². The Morgan fingerprint density at radius 3 is 1.55 bits per heavy atom. The Morgan fingerprint density at radius 1 is 0.759 bits per heavy atom. The van der Waals surface area contributed by atoms with E-state index >= 15 is 0 Å². The highest BCUT2D eigenvalue weighted by Crippen LogP contribution is 2.19. The van der Waals surface area contributed by atoms with E-state index in [0.717, 1.165) is 70.6 Å². The first-order chi connectivity index (χ1) is 14.0. The molecule has 0 N–H and O–H groups in total. The number of hydrogen-bond acceptors (Lipinski definition) is 8. The predicted molar refractivity (Wildman–Crippen MR) is 116 cm³/mol. The van der Waals surface area contributed by atoms with Crippen LogP contribution in [0.4, 0.5) is 0 Å². The van der Waals surface area contributed by atoms with E-state index in [4.69, 9.17) is 36.7 Å². The second-order valence-electron chi connectivity index (χ2n) is 7.48. The van der Waals surface area contributed by atoms with Gasteiger partial charge in [-0.05, 0) is 37.5 Å².